The van der Waals surface area contributed by atoms with E-state index >= 15 is 0 Å². The number of carboxylic acid groups (broad SMARTS) is 1. The van der Waals surface area contributed by atoms with Gasteiger partial charge in [-0.1, -0.05) is 28.1 Å². The van der Waals surface area contributed by atoms with E-state index in [-0.39, 0.29) is 12.5 Å². The second kappa shape index (κ2) is 4.76. The van der Waals surface area contributed by atoms with Crippen LogP contribution in [0.3, 0.4) is 0 Å². The highest BCUT2D eigenvalue weighted by atomic mass is 79.9. The molecule has 1 aromatic rings. The zero-order valence-corrected chi connectivity index (χ0v) is 10.9. The second-order valence-electron chi connectivity index (χ2n) is 4.10. The molecule has 1 fully saturated rings. The highest BCUT2D eigenvalue weighted by Crippen LogP contribution is 2.35. The van der Waals surface area contributed by atoms with Gasteiger partial charge in [0.15, 0.2) is 5.79 Å². The van der Waals surface area contributed by atoms with Gasteiger partial charge < -0.3 is 14.6 Å². The van der Waals surface area contributed by atoms with Crippen molar-refractivity contribution in [2.45, 2.75) is 25.2 Å². The fourth-order valence-corrected chi connectivity index (χ4v) is 2.10. The molecule has 4 nitrogen and oxygen atoms in total. The van der Waals surface area contributed by atoms with E-state index in [1.165, 1.54) is 0 Å². The minimum absolute atomic E-state index is 0.0356. The van der Waals surface area contributed by atoms with Crippen LogP contribution in [0.25, 0.3) is 0 Å². The Labute approximate surface area is 108 Å². The fourth-order valence-electron chi connectivity index (χ4n) is 1.84. The van der Waals surface area contributed by atoms with Crippen LogP contribution in [0.2, 0.25) is 0 Å². The Morgan fingerprint density at radius 3 is 2.76 bits per heavy atom. The van der Waals surface area contributed by atoms with Gasteiger partial charge in [-0.15, -0.1) is 0 Å². The van der Waals surface area contributed by atoms with Gasteiger partial charge in [-0.05, 0) is 19.1 Å². The van der Waals surface area contributed by atoms with Crippen molar-refractivity contribution in [3.63, 3.8) is 0 Å². The number of hydrogen-bond acceptors (Lipinski definition) is 3. The summed E-state index contributed by atoms with van der Waals surface area (Å²) in [5.74, 6) is -1.72. The zero-order chi connectivity index (χ0) is 12.5. The van der Waals surface area contributed by atoms with Crippen LogP contribution in [0.4, 0.5) is 0 Å². The third kappa shape index (κ3) is 2.86. The Hall–Kier alpha value is -0.910. The van der Waals surface area contributed by atoms with Crippen LogP contribution in [-0.4, -0.2) is 23.8 Å². The van der Waals surface area contributed by atoms with Crippen LogP contribution in [0, 0.1) is 0 Å². The number of carboxylic acids is 1. The SMILES string of the molecule is CC1(c2ccc(Br)cc2)OCC(CC(=O)O)O1. The molecule has 92 valence electrons. The number of hydrogen-bond donors (Lipinski definition) is 1. The van der Waals surface area contributed by atoms with Gasteiger partial charge in [0, 0.05) is 10.0 Å². The molecular weight excluding hydrogens is 288 g/mol. The third-order valence-electron chi connectivity index (χ3n) is 2.71. The van der Waals surface area contributed by atoms with Gasteiger partial charge in [0.1, 0.15) is 0 Å². The summed E-state index contributed by atoms with van der Waals surface area (Å²) in [6.45, 7) is 2.11. The number of carbonyl (C=O) groups is 1. The molecule has 1 N–H and O–H groups in total. The summed E-state index contributed by atoms with van der Waals surface area (Å²) in [6.07, 6.45) is -0.423. The minimum Gasteiger partial charge on any atom is -0.481 e. The summed E-state index contributed by atoms with van der Waals surface area (Å²) in [5.41, 5.74) is 0.883. The van der Waals surface area contributed by atoms with Crippen LogP contribution in [0.5, 0.6) is 0 Å². The average Bonchev–Trinajstić information content (AvgIpc) is 2.61. The largest absolute Gasteiger partial charge is 0.481 e. The molecule has 0 bridgehead atoms. The lowest BCUT2D eigenvalue weighted by atomic mass is 10.1. The van der Waals surface area contributed by atoms with Crippen LogP contribution in [0.15, 0.2) is 28.7 Å². The molecule has 5 heteroatoms. The molecular formula is C12H13BrO4. The van der Waals surface area contributed by atoms with Crippen LogP contribution >= 0.6 is 15.9 Å². The van der Waals surface area contributed by atoms with Gasteiger partial charge in [0.2, 0.25) is 0 Å². The summed E-state index contributed by atoms with van der Waals surface area (Å²) in [4.78, 5) is 10.6. The first-order chi connectivity index (χ1) is 7.99. The topological polar surface area (TPSA) is 55.8 Å². The maximum absolute atomic E-state index is 10.6. The molecule has 1 aliphatic heterocycles. The van der Waals surface area contributed by atoms with Crippen molar-refractivity contribution in [3.8, 4) is 0 Å². The summed E-state index contributed by atoms with van der Waals surface area (Å²) in [7, 11) is 0. The maximum atomic E-state index is 10.6. The molecule has 2 atom stereocenters. The fraction of sp³-hybridized carbons (Fsp3) is 0.417. The lowest BCUT2D eigenvalue weighted by molar-refractivity contribution is -0.166. The van der Waals surface area contributed by atoms with Crippen molar-refractivity contribution in [2.24, 2.45) is 0 Å². The van der Waals surface area contributed by atoms with Gasteiger partial charge in [-0.25, -0.2) is 0 Å². The Kier molecular flexibility index (Phi) is 3.51. The quantitative estimate of drug-likeness (QED) is 0.932. The summed E-state index contributed by atoms with van der Waals surface area (Å²) in [6, 6.07) is 7.59. The van der Waals surface area contributed by atoms with Crippen molar-refractivity contribution >= 4 is 21.9 Å². The number of ether oxygens (including phenoxy) is 2. The normalized spacial score (nSPS) is 28.2. The maximum Gasteiger partial charge on any atom is 0.306 e. The van der Waals surface area contributed by atoms with Crippen LogP contribution in [0.1, 0.15) is 18.9 Å². The lowest BCUT2D eigenvalue weighted by Crippen LogP contribution is -2.24. The lowest BCUT2D eigenvalue weighted by Gasteiger charge is -2.23. The monoisotopic (exact) mass is 300 g/mol. The van der Waals surface area contributed by atoms with E-state index in [1.807, 2.05) is 24.3 Å². The molecule has 1 heterocycles. The summed E-state index contributed by atoms with van der Waals surface area (Å²) < 4.78 is 12.2. The summed E-state index contributed by atoms with van der Waals surface area (Å²) in [5, 5.41) is 8.71. The Morgan fingerprint density at radius 1 is 1.53 bits per heavy atom. The highest BCUT2D eigenvalue weighted by molar-refractivity contribution is 9.10. The molecule has 17 heavy (non-hydrogen) atoms. The predicted octanol–water partition coefficient (Wildman–Crippen LogP) is 2.51. The minimum atomic E-state index is -0.876. The van der Waals surface area contributed by atoms with Crippen molar-refractivity contribution in [1.29, 1.82) is 0 Å². The molecule has 0 saturated carbocycles. The smallest absolute Gasteiger partial charge is 0.306 e. The van der Waals surface area contributed by atoms with E-state index in [2.05, 4.69) is 15.9 Å². The van der Waals surface area contributed by atoms with Crippen molar-refractivity contribution in [2.75, 3.05) is 6.61 Å². The Morgan fingerprint density at radius 2 is 2.18 bits per heavy atom. The molecule has 2 unspecified atom stereocenters. The molecule has 0 spiro atoms. The average molecular weight is 301 g/mol. The first-order valence-corrected chi connectivity index (χ1v) is 6.08. The molecule has 0 aromatic heterocycles. The third-order valence-corrected chi connectivity index (χ3v) is 3.24. The van der Waals surface area contributed by atoms with E-state index in [0.29, 0.717) is 6.61 Å². The first-order valence-electron chi connectivity index (χ1n) is 5.29. The molecule has 1 saturated heterocycles. The van der Waals surface area contributed by atoms with Crippen molar-refractivity contribution in [3.05, 3.63) is 34.3 Å². The number of halogens is 1. The second-order valence-corrected chi connectivity index (χ2v) is 5.02. The molecule has 2 rings (SSSR count). The van der Waals surface area contributed by atoms with E-state index < -0.39 is 11.8 Å². The molecule has 0 amide bonds. The van der Waals surface area contributed by atoms with Crippen molar-refractivity contribution in [1.82, 2.24) is 0 Å². The van der Waals surface area contributed by atoms with E-state index in [9.17, 15) is 4.79 Å². The standard InChI is InChI=1S/C12H13BrO4/c1-12(8-2-4-9(13)5-3-8)16-7-10(17-12)6-11(14)15/h2-5,10H,6-7H2,1H3,(H,14,15). The highest BCUT2D eigenvalue weighted by Gasteiger charge is 2.39. The van der Waals surface area contributed by atoms with E-state index in [4.69, 9.17) is 14.6 Å². The van der Waals surface area contributed by atoms with Crippen LogP contribution in [-0.2, 0) is 20.1 Å². The van der Waals surface area contributed by atoms with Gasteiger partial charge in [-0.2, -0.15) is 0 Å². The molecule has 0 radical (unpaired) electrons. The van der Waals surface area contributed by atoms with Gasteiger partial charge in [-0.3, -0.25) is 4.79 Å². The molecule has 1 aromatic carbocycles. The first kappa shape index (κ1) is 12.5. The van der Waals surface area contributed by atoms with Gasteiger partial charge in [0.25, 0.3) is 0 Å². The predicted molar refractivity (Wildman–Crippen MR) is 64.6 cm³/mol. The Balaban J connectivity index is 2.11. The number of aliphatic carboxylic acids is 1. The van der Waals surface area contributed by atoms with E-state index in [0.717, 1.165) is 10.0 Å². The molecule has 0 aliphatic carbocycles. The molecule has 1 aliphatic rings. The van der Waals surface area contributed by atoms with E-state index in [1.54, 1.807) is 6.92 Å². The zero-order valence-electron chi connectivity index (χ0n) is 9.35. The Bertz CT molecular complexity index is 417. The van der Waals surface area contributed by atoms with Crippen LogP contribution < -0.4 is 0 Å². The van der Waals surface area contributed by atoms with Crippen molar-refractivity contribution < 1.29 is 19.4 Å². The number of benzene rings is 1. The van der Waals surface area contributed by atoms with Gasteiger partial charge >= 0.3 is 5.97 Å². The summed E-state index contributed by atoms with van der Waals surface area (Å²) >= 11 is 3.36. The van der Waals surface area contributed by atoms with Gasteiger partial charge in [0.05, 0.1) is 19.1 Å². The number of rotatable bonds is 3.